The number of amides is 1. The lowest BCUT2D eigenvalue weighted by atomic mass is 9.97. The van der Waals surface area contributed by atoms with Gasteiger partial charge in [-0.1, -0.05) is 73.6 Å². The normalized spacial score (nSPS) is 12.0. The zero-order valence-corrected chi connectivity index (χ0v) is 20.5. The Morgan fingerprint density at radius 3 is 2.35 bits per heavy atom. The SMILES string of the molecule is Cc1ccc(-n2c(SCC(=O)NC(CC(C)C)c3ccccc3)nnc2-c2ccncc2)cc1. The van der Waals surface area contributed by atoms with E-state index in [9.17, 15) is 4.79 Å². The number of thioether (sulfide) groups is 1. The van der Waals surface area contributed by atoms with Gasteiger partial charge in [-0.2, -0.15) is 0 Å². The summed E-state index contributed by atoms with van der Waals surface area (Å²) < 4.78 is 2.00. The molecule has 0 aliphatic carbocycles. The van der Waals surface area contributed by atoms with Crippen molar-refractivity contribution in [2.75, 3.05) is 5.75 Å². The summed E-state index contributed by atoms with van der Waals surface area (Å²) in [6, 6.07) is 22.1. The second-order valence-electron chi connectivity index (χ2n) is 8.66. The second kappa shape index (κ2) is 11.1. The van der Waals surface area contributed by atoms with Crippen molar-refractivity contribution in [1.29, 1.82) is 0 Å². The molecule has 1 N–H and O–H groups in total. The van der Waals surface area contributed by atoms with Crippen LogP contribution in [0.25, 0.3) is 17.1 Å². The molecule has 34 heavy (non-hydrogen) atoms. The number of carbonyl (C=O) groups excluding carboxylic acids is 1. The monoisotopic (exact) mass is 471 g/mol. The smallest absolute Gasteiger partial charge is 0.230 e. The number of aromatic nitrogens is 4. The van der Waals surface area contributed by atoms with Gasteiger partial charge in [-0.05, 0) is 49.1 Å². The number of carbonyl (C=O) groups is 1. The fourth-order valence-electron chi connectivity index (χ4n) is 3.78. The quantitative estimate of drug-likeness (QED) is 0.320. The molecule has 0 radical (unpaired) electrons. The maximum atomic E-state index is 13.0. The van der Waals surface area contributed by atoms with Gasteiger partial charge in [-0.3, -0.25) is 14.3 Å². The van der Waals surface area contributed by atoms with Crippen LogP contribution in [-0.2, 0) is 4.79 Å². The minimum absolute atomic E-state index is 0.0170. The van der Waals surface area contributed by atoms with Crippen molar-refractivity contribution < 1.29 is 4.79 Å². The molecular weight excluding hydrogens is 442 g/mol. The number of benzene rings is 2. The molecule has 0 saturated carbocycles. The maximum Gasteiger partial charge on any atom is 0.230 e. The van der Waals surface area contributed by atoms with Gasteiger partial charge in [0.05, 0.1) is 11.8 Å². The van der Waals surface area contributed by atoms with E-state index >= 15 is 0 Å². The van der Waals surface area contributed by atoms with E-state index in [1.807, 2.05) is 47.0 Å². The standard InChI is InChI=1S/C27H29N5OS/c1-19(2)17-24(21-7-5-4-6-8-21)29-25(33)18-34-27-31-30-26(22-13-15-28-16-14-22)32(27)23-11-9-20(3)10-12-23/h4-16,19,24H,17-18H2,1-3H3,(H,29,33). The van der Waals surface area contributed by atoms with Crippen LogP contribution in [0.4, 0.5) is 0 Å². The van der Waals surface area contributed by atoms with Crippen LogP contribution in [0.5, 0.6) is 0 Å². The van der Waals surface area contributed by atoms with Crippen molar-refractivity contribution in [2.45, 2.75) is 38.4 Å². The molecule has 174 valence electrons. The van der Waals surface area contributed by atoms with Crippen LogP contribution in [0, 0.1) is 12.8 Å². The van der Waals surface area contributed by atoms with Crippen LogP contribution in [0.1, 0.15) is 37.4 Å². The zero-order chi connectivity index (χ0) is 23.9. The summed E-state index contributed by atoms with van der Waals surface area (Å²) in [5, 5.41) is 12.8. The van der Waals surface area contributed by atoms with Crippen molar-refractivity contribution in [2.24, 2.45) is 5.92 Å². The highest BCUT2D eigenvalue weighted by atomic mass is 32.2. The first-order valence-electron chi connectivity index (χ1n) is 11.4. The van der Waals surface area contributed by atoms with Crippen LogP contribution in [0.3, 0.4) is 0 Å². The molecular formula is C27H29N5OS. The molecule has 4 rings (SSSR count). The van der Waals surface area contributed by atoms with Crippen molar-refractivity contribution in [3.05, 3.63) is 90.3 Å². The van der Waals surface area contributed by atoms with Gasteiger partial charge < -0.3 is 5.32 Å². The van der Waals surface area contributed by atoms with E-state index in [1.54, 1.807) is 12.4 Å². The fraction of sp³-hybridized carbons (Fsp3) is 0.259. The van der Waals surface area contributed by atoms with E-state index < -0.39 is 0 Å². The van der Waals surface area contributed by atoms with E-state index in [0.29, 0.717) is 11.1 Å². The maximum absolute atomic E-state index is 13.0. The van der Waals surface area contributed by atoms with E-state index in [1.165, 1.54) is 17.3 Å². The Bertz CT molecular complexity index is 1210. The molecule has 0 aliphatic rings. The Kier molecular flexibility index (Phi) is 7.75. The predicted octanol–water partition coefficient (Wildman–Crippen LogP) is 5.63. The van der Waals surface area contributed by atoms with Crippen LogP contribution in [0.2, 0.25) is 0 Å². The summed E-state index contributed by atoms with van der Waals surface area (Å²) in [6.07, 6.45) is 4.36. The molecule has 1 atom stereocenters. The third-order valence-corrected chi connectivity index (χ3v) is 6.37. The molecule has 0 fully saturated rings. The fourth-order valence-corrected chi connectivity index (χ4v) is 4.54. The van der Waals surface area contributed by atoms with Crippen molar-refractivity contribution in [3.63, 3.8) is 0 Å². The number of pyridine rings is 1. The van der Waals surface area contributed by atoms with Crippen molar-refractivity contribution in [1.82, 2.24) is 25.1 Å². The van der Waals surface area contributed by atoms with Crippen molar-refractivity contribution in [3.8, 4) is 17.1 Å². The lowest BCUT2D eigenvalue weighted by molar-refractivity contribution is -0.119. The van der Waals surface area contributed by atoms with Crippen LogP contribution in [-0.4, -0.2) is 31.4 Å². The van der Waals surface area contributed by atoms with Gasteiger partial charge in [0.15, 0.2) is 11.0 Å². The lowest BCUT2D eigenvalue weighted by Crippen LogP contribution is -2.31. The summed E-state index contributed by atoms with van der Waals surface area (Å²) in [5.74, 6) is 1.41. The van der Waals surface area contributed by atoms with Gasteiger partial charge in [0.1, 0.15) is 0 Å². The lowest BCUT2D eigenvalue weighted by Gasteiger charge is -2.21. The molecule has 7 heteroatoms. The zero-order valence-electron chi connectivity index (χ0n) is 19.7. The number of nitrogens with zero attached hydrogens (tertiary/aromatic N) is 4. The highest BCUT2D eigenvalue weighted by Crippen LogP contribution is 2.28. The summed E-state index contributed by atoms with van der Waals surface area (Å²) in [7, 11) is 0. The van der Waals surface area contributed by atoms with E-state index in [2.05, 4.69) is 65.5 Å². The molecule has 0 spiro atoms. The largest absolute Gasteiger partial charge is 0.349 e. The summed E-state index contributed by atoms with van der Waals surface area (Å²) in [6.45, 7) is 6.39. The molecule has 2 aromatic carbocycles. The minimum Gasteiger partial charge on any atom is -0.349 e. The molecule has 0 aliphatic heterocycles. The first-order valence-corrected chi connectivity index (χ1v) is 12.4. The molecule has 2 heterocycles. The number of nitrogens with one attached hydrogen (secondary N) is 1. The average molecular weight is 472 g/mol. The van der Waals surface area contributed by atoms with Crippen LogP contribution < -0.4 is 5.32 Å². The van der Waals surface area contributed by atoms with E-state index in [-0.39, 0.29) is 17.7 Å². The second-order valence-corrected chi connectivity index (χ2v) is 9.60. The summed E-state index contributed by atoms with van der Waals surface area (Å²) in [4.78, 5) is 17.1. The minimum atomic E-state index is -0.0246. The Balaban J connectivity index is 1.55. The Hall–Kier alpha value is -3.45. The predicted molar refractivity (Wildman–Crippen MR) is 137 cm³/mol. The van der Waals surface area contributed by atoms with Gasteiger partial charge >= 0.3 is 0 Å². The summed E-state index contributed by atoms with van der Waals surface area (Å²) >= 11 is 1.39. The first kappa shape index (κ1) is 23.7. The number of aryl methyl sites for hydroxylation is 1. The van der Waals surface area contributed by atoms with Gasteiger partial charge in [-0.25, -0.2) is 0 Å². The van der Waals surface area contributed by atoms with Gasteiger partial charge in [-0.15, -0.1) is 10.2 Å². The molecule has 0 bridgehead atoms. The molecule has 6 nitrogen and oxygen atoms in total. The number of hydrogen-bond acceptors (Lipinski definition) is 5. The van der Waals surface area contributed by atoms with E-state index in [4.69, 9.17) is 0 Å². The van der Waals surface area contributed by atoms with Crippen LogP contribution >= 0.6 is 11.8 Å². The molecule has 1 unspecified atom stereocenters. The molecule has 1 amide bonds. The molecule has 0 saturated heterocycles. The Morgan fingerprint density at radius 2 is 1.68 bits per heavy atom. The summed E-state index contributed by atoms with van der Waals surface area (Å²) in [5.41, 5.74) is 4.16. The van der Waals surface area contributed by atoms with Gasteiger partial charge in [0.2, 0.25) is 5.91 Å². The number of hydrogen-bond donors (Lipinski definition) is 1. The highest BCUT2D eigenvalue weighted by Gasteiger charge is 2.20. The third-order valence-electron chi connectivity index (χ3n) is 5.44. The average Bonchev–Trinajstić information content (AvgIpc) is 3.27. The Morgan fingerprint density at radius 1 is 0.971 bits per heavy atom. The first-order chi connectivity index (χ1) is 16.5. The van der Waals surface area contributed by atoms with Crippen LogP contribution in [0.15, 0.2) is 84.3 Å². The number of rotatable bonds is 9. The van der Waals surface area contributed by atoms with Gasteiger partial charge in [0, 0.05) is 23.6 Å². The molecule has 2 aromatic heterocycles. The topological polar surface area (TPSA) is 72.7 Å². The third kappa shape index (κ3) is 5.91. The highest BCUT2D eigenvalue weighted by molar-refractivity contribution is 7.99. The Labute approximate surface area is 204 Å². The molecule has 4 aromatic rings. The van der Waals surface area contributed by atoms with Crippen molar-refractivity contribution >= 4 is 17.7 Å². The van der Waals surface area contributed by atoms with Gasteiger partial charge in [0.25, 0.3) is 0 Å². The van der Waals surface area contributed by atoms with E-state index in [0.717, 1.165) is 29.1 Å².